The average Bonchev–Trinajstić information content (AvgIpc) is 2.89. The van der Waals surface area contributed by atoms with Crippen molar-refractivity contribution in [3.63, 3.8) is 0 Å². The van der Waals surface area contributed by atoms with Gasteiger partial charge in [-0.15, -0.1) is 0 Å². The molecule has 6 heteroatoms. The Morgan fingerprint density at radius 2 is 1.95 bits per heavy atom. The molecule has 0 aliphatic carbocycles. The summed E-state index contributed by atoms with van der Waals surface area (Å²) in [7, 11) is 0. The van der Waals surface area contributed by atoms with Crippen molar-refractivity contribution in [3.8, 4) is 0 Å². The number of carboxylic acid groups (broad SMARTS) is 1. The molecule has 0 fully saturated rings. The van der Waals surface area contributed by atoms with Gasteiger partial charge in [-0.2, -0.15) is 5.10 Å². The molecule has 0 atom stereocenters. The number of carbonyl (C=O) groups is 1. The Balaban J connectivity index is 2.10. The molecule has 0 amide bonds. The zero-order valence-electron chi connectivity index (χ0n) is 12.2. The lowest BCUT2D eigenvalue weighted by molar-refractivity contribution is 0.0699. The van der Waals surface area contributed by atoms with Crippen LogP contribution in [0.15, 0.2) is 34.9 Å². The first-order chi connectivity index (χ1) is 10.5. The van der Waals surface area contributed by atoms with Crippen LogP contribution in [-0.4, -0.2) is 25.7 Å². The normalized spacial score (nSPS) is 11.0. The first kappa shape index (κ1) is 14.7. The summed E-state index contributed by atoms with van der Waals surface area (Å²) in [5.41, 5.74) is 4.49. The Labute approximate surface area is 135 Å². The van der Waals surface area contributed by atoms with E-state index in [0.29, 0.717) is 5.65 Å². The number of fused-ring (bicyclic) bond motifs is 1. The van der Waals surface area contributed by atoms with E-state index in [1.165, 1.54) is 11.8 Å². The van der Waals surface area contributed by atoms with Crippen LogP contribution in [0.25, 0.3) is 5.65 Å². The molecule has 0 saturated heterocycles. The van der Waals surface area contributed by atoms with Gasteiger partial charge in [0.1, 0.15) is 5.56 Å². The average molecular weight is 360 g/mol. The highest BCUT2D eigenvalue weighted by Gasteiger charge is 2.17. The Hall–Kier alpha value is -2.21. The lowest BCUT2D eigenvalue weighted by atomic mass is 10.0. The molecule has 3 aromatic rings. The minimum Gasteiger partial charge on any atom is -0.477 e. The predicted molar refractivity (Wildman–Crippen MR) is 86.4 cm³/mol. The summed E-state index contributed by atoms with van der Waals surface area (Å²) in [6.07, 6.45) is 2.08. The number of aromatic carboxylic acids is 1. The maximum Gasteiger partial charge on any atom is 0.341 e. The molecule has 112 valence electrons. The van der Waals surface area contributed by atoms with Gasteiger partial charge in [0, 0.05) is 22.3 Å². The molecule has 0 spiro atoms. The summed E-state index contributed by atoms with van der Waals surface area (Å²) in [5, 5.41) is 13.3. The van der Waals surface area contributed by atoms with Gasteiger partial charge in [-0.3, -0.25) is 0 Å². The summed E-state index contributed by atoms with van der Waals surface area (Å²) in [6.45, 7) is 3.84. The lowest BCUT2D eigenvalue weighted by Crippen LogP contribution is -2.07. The number of aromatic nitrogens is 3. The molecule has 3 rings (SSSR count). The van der Waals surface area contributed by atoms with E-state index in [1.54, 1.807) is 4.52 Å². The van der Waals surface area contributed by atoms with Crippen LogP contribution in [0.1, 0.15) is 32.9 Å². The zero-order valence-corrected chi connectivity index (χ0v) is 13.8. The van der Waals surface area contributed by atoms with Gasteiger partial charge in [0.15, 0.2) is 5.65 Å². The van der Waals surface area contributed by atoms with Crippen molar-refractivity contribution in [3.05, 3.63) is 63.0 Å². The van der Waals surface area contributed by atoms with Crippen LogP contribution in [0.5, 0.6) is 0 Å². The number of hydrogen-bond acceptors (Lipinski definition) is 3. The van der Waals surface area contributed by atoms with E-state index in [4.69, 9.17) is 0 Å². The largest absolute Gasteiger partial charge is 0.477 e. The fourth-order valence-corrected chi connectivity index (χ4v) is 2.79. The van der Waals surface area contributed by atoms with Gasteiger partial charge < -0.3 is 5.11 Å². The van der Waals surface area contributed by atoms with Crippen molar-refractivity contribution in [1.29, 1.82) is 0 Å². The highest BCUT2D eigenvalue weighted by molar-refractivity contribution is 9.10. The van der Waals surface area contributed by atoms with Crippen molar-refractivity contribution < 1.29 is 9.90 Å². The van der Waals surface area contributed by atoms with E-state index in [0.717, 1.165) is 27.8 Å². The number of halogens is 1. The van der Waals surface area contributed by atoms with Gasteiger partial charge in [0.05, 0.1) is 6.20 Å². The van der Waals surface area contributed by atoms with Gasteiger partial charge in [-0.1, -0.05) is 28.1 Å². The van der Waals surface area contributed by atoms with E-state index in [2.05, 4.69) is 38.1 Å². The summed E-state index contributed by atoms with van der Waals surface area (Å²) >= 11 is 3.43. The van der Waals surface area contributed by atoms with Crippen LogP contribution in [0.3, 0.4) is 0 Å². The molecule has 0 unspecified atom stereocenters. The number of hydrogen-bond donors (Lipinski definition) is 1. The summed E-state index contributed by atoms with van der Waals surface area (Å²) < 4.78 is 2.64. The van der Waals surface area contributed by atoms with E-state index < -0.39 is 5.97 Å². The van der Waals surface area contributed by atoms with Crippen LogP contribution < -0.4 is 0 Å². The first-order valence-electron chi connectivity index (χ1n) is 6.79. The maximum atomic E-state index is 11.2. The molecule has 0 aliphatic heterocycles. The van der Waals surface area contributed by atoms with Crippen LogP contribution in [0.4, 0.5) is 0 Å². The molecule has 2 heterocycles. The third kappa shape index (κ3) is 2.50. The summed E-state index contributed by atoms with van der Waals surface area (Å²) in [5.74, 6) is -1.01. The molecule has 0 bridgehead atoms. The monoisotopic (exact) mass is 359 g/mol. The topological polar surface area (TPSA) is 67.5 Å². The second kappa shape index (κ2) is 5.53. The quantitative estimate of drug-likeness (QED) is 0.778. The molecule has 22 heavy (non-hydrogen) atoms. The summed E-state index contributed by atoms with van der Waals surface area (Å²) in [4.78, 5) is 15.7. The highest BCUT2D eigenvalue weighted by atomic mass is 79.9. The fraction of sp³-hybridized carbons (Fsp3) is 0.188. The van der Waals surface area contributed by atoms with Crippen LogP contribution >= 0.6 is 15.9 Å². The van der Waals surface area contributed by atoms with Crippen molar-refractivity contribution in [2.45, 2.75) is 20.3 Å². The van der Waals surface area contributed by atoms with Gasteiger partial charge in [-0.05, 0) is 37.1 Å². The number of aryl methyl sites for hydroxylation is 2. The standard InChI is InChI=1S/C16H14BrN3O2/c1-9-13(7-11-3-5-12(17)6-4-11)10(2)20-15(19-9)14(8-18-20)16(21)22/h3-6,8H,7H2,1-2H3,(H,21,22). The molecule has 0 aliphatic rings. The van der Waals surface area contributed by atoms with Crippen molar-refractivity contribution in [2.24, 2.45) is 0 Å². The second-order valence-corrected chi connectivity index (χ2v) is 6.08. The zero-order chi connectivity index (χ0) is 15.9. The molecule has 1 aromatic carbocycles. The van der Waals surface area contributed by atoms with E-state index in [1.807, 2.05) is 26.0 Å². The molecule has 2 aromatic heterocycles. The van der Waals surface area contributed by atoms with E-state index in [9.17, 15) is 9.90 Å². The van der Waals surface area contributed by atoms with Crippen molar-refractivity contribution in [2.75, 3.05) is 0 Å². The number of benzene rings is 1. The van der Waals surface area contributed by atoms with Gasteiger partial charge in [-0.25, -0.2) is 14.3 Å². The molecular formula is C16H14BrN3O2. The van der Waals surface area contributed by atoms with Crippen molar-refractivity contribution in [1.82, 2.24) is 14.6 Å². The molecule has 5 nitrogen and oxygen atoms in total. The van der Waals surface area contributed by atoms with Crippen LogP contribution in [0.2, 0.25) is 0 Å². The number of carboxylic acids is 1. The second-order valence-electron chi connectivity index (χ2n) is 5.16. The van der Waals surface area contributed by atoms with Gasteiger partial charge in [0.25, 0.3) is 0 Å². The Kier molecular flexibility index (Phi) is 3.70. The third-order valence-corrected chi connectivity index (χ3v) is 4.26. The van der Waals surface area contributed by atoms with Gasteiger partial charge >= 0.3 is 5.97 Å². The Bertz CT molecular complexity index is 869. The third-order valence-electron chi connectivity index (χ3n) is 3.73. The Morgan fingerprint density at radius 1 is 1.27 bits per heavy atom. The van der Waals surface area contributed by atoms with Crippen molar-refractivity contribution >= 4 is 27.5 Å². The first-order valence-corrected chi connectivity index (χ1v) is 7.58. The predicted octanol–water partition coefficient (Wildman–Crippen LogP) is 3.40. The SMILES string of the molecule is Cc1nc2c(C(=O)O)cnn2c(C)c1Cc1ccc(Br)cc1. The number of nitrogens with zero attached hydrogens (tertiary/aromatic N) is 3. The van der Waals surface area contributed by atoms with Gasteiger partial charge in [0.2, 0.25) is 0 Å². The molecule has 0 saturated carbocycles. The molecular weight excluding hydrogens is 346 g/mol. The van der Waals surface area contributed by atoms with Crippen LogP contribution in [0, 0.1) is 13.8 Å². The molecule has 1 N–H and O–H groups in total. The smallest absolute Gasteiger partial charge is 0.341 e. The highest BCUT2D eigenvalue weighted by Crippen LogP contribution is 2.21. The summed E-state index contributed by atoms with van der Waals surface area (Å²) in [6, 6.07) is 8.11. The fourth-order valence-electron chi connectivity index (χ4n) is 2.52. The minimum atomic E-state index is -1.01. The minimum absolute atomic E-state index is 0.126. The maximum absolute atomic E-state index is 11.2. The van der Waals surface area contributed by atoms with E-state index >= 15 is 0 Å². The lowest BCUT2D eigenvalue weighted by Gasteiger charge is -2.11. The van der Waals surface area contributed by atoms with E-state index in [-0.39, 0.29) is 5.56 Å². The number of rotatable bonds is 3. The van der Waals surface area contributed by atoms with Crippen LogP contribution in [-0.2, 0) is 6.42 Å². The molecule has 0 radical (unpaired) electrons. The Morgan fingerprint density at radius 3 is 2.59 bits per heavy atom.